The van der Waals surface area contributed by atoms with Crippen LogP contribution in [0.3, 0.4) is 0 Å². The molecule has 5 nitrogen and oxygen atoms in total. The highest BCUT2D eigenvalue weighted by Gasteiger charge is 2.31. The van der Waals surface area contributed by atoms with Crippen molar-refractivity contribution in [3.8, 4) is 0 Å². The average molecular weight is 272 g/mol. The topological polar surface area (TPSA) is 50.8 Å². The number of nitrogens with zero attached hydrogens (tertiary/aromatic N) is 1. The number of carbonyl (C=O) groups is 1. The van der Waals surface area contributed by atoms with Crippen molar-refractivity contribution in [1.29, 1.82) is 0 Å². The van der Waals surface area contributed by atoms with E-state index < -0.39 is 5.54 Å². The third kappa shape index (κ3) is 4.75. The molecule has 0 spiro atoms. The Morgan fingerprint density at radius 3 is 2.68 bits per heavy atom. The minimum atomic E-state index is -0.561. The van der Waals surface area contributed by atoms with Gasteiger partial charge in [-0.05, 0) is 46.2 Å². The highest BCUT2D eigenvalue weighted by atomic mass is 16.5. The van der Waals surface area contributed by atoms with Gasteiger partial charge in [-0.3, -0.25) is 4.79 Å². The summed E-state index contributed by atoms with van der Waals surface area (Å²) in [4.78, 5) is 14.1. The zero-order chi connectivity index (χ0) is 14.3. The van der Waals surface area contributed by atoms with Crippen molar-refractivity contribution in [2.75, 3.05) is 40.9 Å². The van der Waals surface area contributed by atoms with E-state index >= 15 is 0 Å². The van der Waals surface area contributed by atoms with Crippen LogP contribution in [0.1, 0.15) is 32.6 Å². The van der Waals surface area contributed by atoms with Crippen LogP contribution in [0.2, 0.25) is 0 Å². The Balaban J connectivity index is 2.21. The number of methoxy groups -OCH3 is 2. The molecule has 0 bridgehead atoms. The largest absolute Gasteiger partial charge is 0.468 e. The molecule has 0 saturated carbocycles. The van der Waals surface area contributed by atoms with Gasteiger partial charge in [0, 0.05) is 20.2 Å². The van der Waals surface area contributed by atoms with Crippen LogP contribution in [0.15, 0.2) is 0 Å². The molecule has 1 saturated heterocycles. The molecule has 0 aliphatic carbocycles. The summed E-state index contributed by atoms with van der Waals surface area (Å²) in [7, 11) is 5.02. The lowest BCUT2D eigenvalue weighted by molar-refractivity contribution is -0.148. The first-order valence-electron chi connectivity index (χ1n) is 7.08. The monoisotopic (exact) mass is 272 g/mol. The fourth-order valence-electron chi connectivity index (χ4n) is 2.56. The van der Waals surface area contributed by atoms with Gasteiger partial charge in [-0.1, -0.05) is 0 Å². The second-order valence-corrected chi connectivity index (χ2v) is 5.48. The molecule has 1 aliphatic heterocycles. The van der Waals surface area contributed by atoms with E-state index in [4.69, 9.17) is 9.47 Å². The quantitative estimate of drug-likeness (QED) is 0.528. The van der Waals surface area contributed by atoms with Crippen LogP contribution in [0, 0.1) is 0 Å². The molecule has 112 valence electrons. The van der Waals surface area contributed by atoms with E-state index in [0.717, 1.165) is 45.3 Å². The fourth-order valence-corrected chi connectivity index (χ4v) is 2.56. The maximum Gasteiger partial charge on any atom is 0.325 e. The summed E-state index contributed by atoms with van der Waals surface area (Å²) < 4.78 is 10.2. The summed E-state index contributed by atoms with van der Waals surface area (Å²) in [6.45, 7) is 5.14. The third-order valence-electron chi connectivity index (χ3n) is 4.15. The first kappa shape index (κ1) is 16.4. The second-order valence-electron chi connectivity index (χ2n) is 5.48. The van der Waals surface area contributed by atoms with Gasteiger partial charge in [0.2, 0.25) is 0 Å². The SMILES string of the molecule is CNC(C)(CCCCN1CCC(OC)C1)C(=O)OC. The van der Waals surface area contributed by atoms with Crippen LogP contribution >= 0.6 is 0 Å². The Hall–Kier alpha value is -0.650. The highest BCUT2D eigenvalue weighted by molar-refractivity contribution is 5.80. The van der Waals surface area contributed by atoms with Gasteiger partial charge in [0.1, 0.15) is 5.54 Å². The summed E-state index contributed by atoms with van der Waals surface area (Å²) in [6, 6.07) is 0. The summed E-state index contributed by atoms with van der Waals surface area (Å²) in [6.07, 6.45) is 4.45. The molecule has 0 radical (unpaired) electrons. The van der Waals surface area contributed by atoms with Crippen LogP contribution in [0.25, 0.3) is 0 Å². The molecular formula is C14H28N2O3. The van der Waals surface area contributed by atoms with E-state index in [2.05, 4.69) is 10.2 Å². The van der Waals surface area contributed by atoms with Gasteiger partial charge >= 0.3 is 5.97 Å². The first-order chi connectivity index (χ1) is 9.05. The van der Waals surface area contributed by atoms with Gasteiger partial charge in [0.15, 0.2) is 0 Å². The van der Waals surface area contributed by atoms with Crippen molar-refractivity contribution in [3.05, 3.63) is 0 Å². The lowest BCUT2D eigenvalue weighted by Gasteiger charge is -2.26. The molecule has 0 aromatic rings. The van der Waals surface area contributed by atoms with Crippen LogP contribution in [-0.4, -0.2) is 63.4 Å². The minimum absolute atomic E-state index is 0.185. The number of likely N-dealkylation sites (tertiary alicyclic amines) is 1. The molecule has 1 aliphatic rings. The van der Waals surface area contributed by atoms with Crippen molar-refractivity contribution in [1.82, 2.24) is 10.2 Å². The Morgan fingerprint density at radius 2 is 2.16 bits per heavy atom. The minimum Gasteiger partial charge on any atom is -0.468 e. The number of esters is 1. The molecule has 2 unspecified atom stereocenters. The van der Waals surface area contributed by atoms with Gasteiger partial charge in [-0.15, -0.1) is 0 Å². The molecule has 1 N–H and O–H groups in total. The lowest BCUT2D eigenvalue weighted by atomic mass is 9.95. The predicted molar refractivity (Wildman–Crippen MR) is 75.2 cm³/mol. The van der Waals surface area contributed by atoms with Gasteiger partial charge in [0.05, 0.1) is 13.2 Å². The molecular weight excluding hydrogens is 244 g/mol. The zero-order valence-corrected chi connectivity index (χ0v) is 12.7. The first-order valence-corrected chi connectivity index (χ1v) is 7.08. The highest BCUT2D eigenvalue weighted by Crippen LogP contribution is 2.17. The van der Waals surface area contributed by atoms with E-state index in [9.17, 15) is 4.79 Å². The Kier molecular flexibility index (Phi) is 6.75. The van der Waals surface area contributed by atoms with E-state index in [1.54, 1.807) is 14.2 Å². The van der Waals surface area contributed by atoms with Crippen molar-refractivity contribution < 1.29 is 14.3 Å². The second kappa shape index (κ2) is 7.82. The van der Waals surface area contributed by atoms with Gasteiger partial charge in [0.25, 0.3) is 0 Å². The maximum atomic E-state index is 11.7. The molecule has 2 atom stereocenters. The van der Waals surface area contributed by atoms with E-state index in [0.29, 0.717) is 6.10 Å². The normalized spacial score (nSPS) is 23.3. The van der Waals surface area contributed by atoms with E-state index in [1.165, 1.54) is 7.11 Å². The summed E-state index contributed by atoms with van der Waals surface area (Å²) in [5.41, 5.74) is -0.561. The zero-order valence-electron chi connectivity index (χ0n) is 12.7. The van der Waals surface area contributed by atoms with E-state index in [-0.39, 0.29) is 5.97 Å². The Bertz CT molecular complexity index is 286. The van der Waals surface area contributed by atoms with Crippen LogP contribution in [-0.2, 0) is 14.3 Å². The maximum absolute atomic E-state index is 11.7. The van der Waals surface area contributed by atoms with Crippen molar-refractivity contribution in [2.24, 2.45) is 0 Å². The molecule has 0 aromatic carbocycles. The van der Waals surface area contributed by atoms with Gasteiger partial charge in [-0.25, -0.2) is 0 Å². The number of carbonyl (C=O) groups excluding carboxylic acids is 1. The molecule has 1 fully saturated rings. The number of hydrogen-bond acceptors (Lipinski definition) is 5. The summed E-state index contributed by atoms with van der Waals surface area (Å²) in [5, 5.41) is 3.07. The van der Waals surface area contributed by atoms with Crippen LogP contribution in [0.5, 0.6) is 0 Å². The van der Waals surface area contributed by atoms with Gasteiger partial charge in [-0.2, -0.15) is 0 Å². The van der Waals surface area contributed by atoms with Gasteiger partial charge < -0.3 is 19.7 Å². The smallest absolute Gasteiger partial charge is 0.325 e. The fraction of sp³-hybridized carbons (Fsp3) is 0.929. The summed E-state index contributed by atoms with van der Waals surface area (Å²) in [5.74, 6) is -0.185. The van der Waals surface area contributed by atoms with E-state index in [1.807, 2.05) is 6.92 Å². The average Bonchev–Trinajstić information content (AvgIpc) is 2.90. The third-order valence-corrected chi connectivity index (χ3v) is 4.15. The summed E-state index contributed by atoms with van der Waals surface area (Å²) >= 11 is 0. The molecule has 19 heavy (non-hydrogen) atoms. The molecule has 5 heteroatoms. The predicted octanol–water partition coefficient (Wildman–Crippen LogP) is 1.03. The number of unbranched alkanes of at least 4 members (excludes halogenated alkanes) is 1. The molecule has 1 rings (SSSR count). The Morgan fingerprint density at radius 1 is 1.42 bits per heavy atom. The van der Waals surface area contributed by atoms with Crippen molar-refractivity contribution in [2.45, 2.75) is 44.2 Å². The molecule has 0 aromatic heterocycles. The lowest BCUT2D eigenvalue weighted by Crippen LogP contribution is -2.48. The Labute approximate surface area is 116 Å². The van der Waals surface area contributed by atoms with Crippen LogP contribution < -0.4 is 5.32 Å². The van der Waals surface area contributed by atoms with Crippen LogP contribution in [0.4, 0.5) is 0 Å². The number of likely N-dealkylation sites (N-methyl/N-ethyl adjacent to an activating group) is 1. The van der Waals surface area contributed by atoms with Crippen molar-refractivity contribution >= 4 is 5.97 Å². The standard InChI is InChI=1S/C14H28N2O3/c1-14(15-2,13(17)19-4)8-5-6-9-16-10-7-12(11-16)18-3/h12,15H,5-11H2,1-4H3. The molecule has 0 amide bonds. The number of ether oxygens (including phenoxy) is 2. The number of nitrogens with one attached hydrogen (secondary N) is 1. The number of rotatable bonds is 8. The van der Waals surface area contributed by atoms with Crippen molar-refractivity contribution in [3.63, 3.8) is 0 Å². The number of hydrogen-bond donors (Lipinski definition) is 1. The molecule has 1 heterocycles.